The molecule has 0 spiro atoms. The zero-order chi connectivity index (χ0) is 17.4. The highest BCUT2D eigenvalue weighted by Gasteiger charge is 2.16. The van der Waals surface area contributed by atoms with Crippen LogP contribution in [-0.2, 0) is 12.2 Å². The molecule has 0 aliphatic rings. The molecular formula is C19H23FN2OS. The molecule has 0 aliphatic carbocycles. The predicted octanol–water partition coefficient (Wildman–Crippen LogP) is 3.33. The summed E-state index contributed by atoms with van der Waals surface area (Å²) in [6, 6.07) is 14.6. The summed E-state index contributed by atoms with van der Waals surface area (Å²) in [5.41, 5.74) is 7.91. The van der Waals surface area contributed by atoms with E-state index in [1.807, 2.05) is 36.6 Å². The van der Waals surface area contributed by atoms with E-state index in [9.17, 15) is 9.18 Å². The third-order valence-electron chi connectivity index (χ3n) is 3.79. The van der Waals surface area contributed by atoms with E-state index in [4.69, 9.17) is 5.73 Å². The number of nitrogens with two attached hydrogens (primary N) is 1. The molecule has 3 nitrogen and oxygen atoms in total. The number of halogens is 1. The van der Waals surface area contributed by atoms with Crippen molar-refractivity contribution in [2.24, 2.45) is 5.73 Å². The van der Waals surface area contributed by atoms with Gasteiger partial charge in [-0.15, -0.1) is 0 Å². The first-order valence-corrected chi connectivity index (χ1v) is 9.35. The van der Waals surface area contributed by atoms with E-state index in [2.05, 4.69) is 0 Å². The number of rotatable bonds is 8. The van der Waals surface area contributed by atoms with Crippen LogP contribution in [0.4, 0.5) is 4.39 Å². The number of hydrogen-bond acceptors (Lipinski definition) is 3. The Morgan fingerprint density at radius 3 is 2.58 bits per heavy atom. The maximum atomic E-state index is 13.8. The van der Waals surface area contributed by atoms with Crippen LogP contribution in [0.2, 0.25) is 0 Å². The van der Waals surface area contributed by atoms with E-state index in [1.54, 1.807) is 17.0 Å². The first kappa shape index (κ1) is 18.5. The number of nitrogens with zero attached hydrogens (tertiary/aromatic N) is 1. The molecule has 0 aromatic heterocycles. The van der Waals surface area contributed by atoms with Gasteiger partial charge >= 0.3 is 0 Å². The minimum absolute atomic E-state index is 0.0984. The minimum atomic E-state index is -0.268. The summed E-state index contributed by atoms with van der Waals surface area (Å²) < 4.78 is 13.8. The van der Waals surface area contributed by atoms with Gasteiger partial charge in [0.15, 0.2) is 0 Å². The van der Waals surface area contributed by atoms with E-state index in [0.29, 0.717) is 36.5 Å². The Labute approximate surface area is 147 Å². The number of thioether (sulfide) groups is 1. The Morgan fingerprint density at radius 1 is 1.17 bits per heavy atom. The normalized spacial score (nSPS) is 10.6. The molecule has 128 valence electrons. The maximum absolute atomic E-state index is 13.8. The number of hydrogen-bond donors (Lipinski definition) is 1. The SMILES string of the molecule is CSCc1cc(C(=O)N(CCN)CCc2ccccc2)ccc1F. The van der Waals surface area contributed by atoms with E-state index in [0.717, 1.165) is 6.42 Å². The number of benzene rings is 2. The van der Waals surface area contributed by atoms with Crippen LogP contribution < -0.4 is 5.73 Å². The van der Waals surface area contributed by atoms with Crippen LogP contribution in [0, 0.1) is 5.82 Å². The lowest BCUT2D eigenvalue weighted by Gasteiger charge is -2.22. The Balaban J connectivity index is 2.11. The quantitative estimate of drug-likeness (QED) is 0.797. The van der Waals surface area contributed by atoms with E-state index in [-0.39, 0.29) is 11.7 Å². The molecule has 0 heterocycles. The van der Waals surface area contributed by atoms with Crippen molar-refractivity contribution in [3.63, 3.8) is 0 Å². The Morgan fingerprint density at radius 2 is 1.92 bits per heavy atom. The predicted molar refractivity (Wildman–Crippen MR) is 98.7 cm³/mol. The molecule has 0 fully saturated rings. The van der Waals surface area contributed by atoms with Crippen molar-refractivity contribution in [3.8, 4) is 0 Å². The molecule has 0 saturated carbocycles. The van der Waals surface area contributed by atoms with Gasteiger partial charge in [0.2, 0.25) is 0 Å². The van der Waals surface area contributed by atoms with Gasteiger partial charge in [0.1, 0.15) is 5.82 Å². The first-order valence-electron chi connectivity index (χ1n) is 7.96. The standard InChI is InChI=1S/C19H23FN2OS/c1-24-14-17-13-16(7-8-18(17)20)19(23)22(12-10-21)11-9-15-5-3-2-4-6-15/h2-8,13H,9-12,14,21H2,1H3. The van der Waals surface area contributed by atoms with E-state index in [1.165, 1.54) is 23.4 Å². The van der Waals surface area contributed by atoms with Crippen LogP contribution in [0.15, 0.2) is 48.5 Å². The second kappa shape index (κ2) is 9.45. The van der Waals surface area contributed by atoms with Gasteiger partial charge in [0.25, 0.3) is 5.91 Å². The second-order valence-electron chi connectivity index (χ2n) is 5.56. The van der Waals surface area contributed by atoms with Crippen molar-refractivity contribution in [1.29, 1.82) is 0 Å². The topological polar surface area (TPSA) is 46.3 Å². The fraction of sp³-hybridized carbons (Fsp3) is 0.316. The Hall–Kier alpha value is -1.85. The lowest BCUT2D eigenvalue weighted by Crippen LogP contribution is -2.37. The molecule has 2 N–H and O–H groups in total. The summed E-state index contributed by atoms with van der Waals surface area (Å²) >= 11 is 1.53. The Kier molecular flexibility index (Phi) is 7.28. The van der Waals surface area contributed by atoms with Crippen molar-refractivity contribution < 1.29 is 9.18 Å². The third kappa shape index (κ3) is 5.08. The summed E-state index contributed by atoms with van der Waals surface area (Å²) in [7, 11) is 0. The van der Waals surface area contributed by atoms with Gasteiger partial charge in [-0.3, -0.25) is 4.79 Å². The molecule has 0 radical (unpaired) electrons. The van der Waals surface area contributed by atoms with E-state index >= 15 is 0 Å². The second-order valence-corrected chi connectivity index (χ2v) is 6.42. The zero-order valence-electron chi connectivity index (χ0n) is 13.9. The van der Waals surface area contributed by atoms with Gasteiger partial charge in [0.05, 0.1) is 0 Å². The third-order valence-corrected chi connectivity index (χ3v) is 4.39. The highest BCUT2D eigenvalue weighted by molar-refractivity contribution is 7.97. The smallest absolute Gasteiger partial charge is 0.253 e. The summed E-state index contributed by atoms with van der Waals surface area (Å²) in [6.07, 6.45) is 2.68. The summed E-state index contributed by atoms with van der Waals surface area (Å²) in [5.74, 6) is 0.183. The summed E-state index contributed by atoms with van der Waals surface area (Å²) in [6.45, 7) is 1.48. The average Bonchev–Trinajstić information content (AvgIpc) is 2.61. The van der Waals surface area contributed by atoms with Gasteiger partial charge in [-0.25, -0.2) is 4.39 Å². The van der Waals surface area contributed by atoms with Crippen LogP contribution in [-0.4, -0.2) is 36.7 Å². The van der Waals surface area contributed by atoms with Gasteiger partial charge in [-0.05, 0) is 42.0 Å². The average molecular weight is 346 g/mol. The first-order chi connectivity index (χ1) is 11.7. The van der Waals surface area contributed by atoms with Gasteiger partial charge in [-0.2, -0.15) is 11.8 Å². The van der Waals surface area contributed by atoms with E-state index < -0.39 is 0 Å². The fourth-order valence-electron chi connectivity index (χ4n) is 2.54. The molecule has 2 aromatic carbocycles. The van der Waals surface area contributed by atoms with Crippen molar-refractivity contribution in [1.82, 2.24) is 4.90 Å². The van der Waals surface area contributed by atoms with Gasteiger partial charge in [-0.1, -0.05) is 30.3 Å². The van der Waals surface area contributed by atoms with Crippen molar-refractivity contribution in [2.45, 2.75) is 12.2 Å². The summed E-state index contributed by atoms with van der Waals surface area (Å²) in [5, 5.41) is 0. The zero-order valence-corrected chi connectivity index (χ0v) is 14.7. The minimum Gasteiger partial charge on any atom is -0.337 e. The number of carbonyl (C=O) groups is 1. The Bertz CT molecular complexity index is 664. The monoisotopic (exact) mass is 346 g/mol. The number of carbonyl (C=O) groups excluding carboxylic acids is 1. The molecule has 2 aromatic rings. The van der Waals surface area contributed by atoms with Crippen LogP contribution in [0.25, 0.3) is 0 Å². The molecule has 2 rings (SSSR count). The lowest BCUT2D eigenvalue weighted by atomic mass is 10.1. The lowest BCUT2D eigenvalue weighted by molar-refractivity contribution is 0.0762. The summed E-state index contributed by atoms with van der Waals surface area (Å²) in [4.78, 5) is 14.5. The molecule has 1 amide bonds. The van der Waals surface area contributed by atoms with Crippen LogP contribution >= 0.6 is 11.8 Å². The molecule has 0 bridgehead atoms. The molecule has 0 atom stereocenters. The molecule has 0 aliphatic heterocycles. The van der Waals surface area contributed by atoms with Gasteiger partial charge < -0.3 is 10.6 Å². The molecule has 24 heavy (non-hydrogen) atoms. The molecule has 0 unspecified atom stereocenters. The largest absolute Gasteiger partial charge is 0.337 e. The number of amides is 1. The van der Waals surface area contributed by atoms with Crippen LogP contribution in [0.5, 0.6) is 0 Å². The van der Waals surface area contributed by atoms with Crippen LogP contribution in [0.3, 0.4) is 0 Å². The van der Waals surface area contributed by atoms with Crippen molar-refractivity contribution in [2.75, 3.05) is 25.9 Å². The molecule has 0 saturated heterocycles. The highest BCUT2D eigenvalue weighted by atomic mass is 32.2. The van der Waals surface area contributed by atoms with Crippen LogP contribution in [0.1, 0.15) is 21.5 Å². The van der Waals surface area contributed by atoms with Crippen molar-refractivity contribution >= 4 is 17.7 Å². The fourth-order valence-corrected chi connectivity index (χ4v) is 3.07. The maximum Gasteiger partial charge on any atom is 0.253 e. The highest BCUT2D eigenvalue weighted by Crippen LogP contribution is 2.17. The molecule has 5 heteroatoms. The van der Waals surface area contributed by atoms with Crippen molar-refractivity contribution in [3.05, 3.63) is 71.0 Å². The molecular weight excluding hydrogens is 323 g/mol. The van der Waals surface area contributed by atoms with Gasteiger partial charge in [0, 0.05) is 31.0 Å².